The van der Waals surface area contributed by atoms with E-state index in [0.717, 1.165) is 6.42 Å². The Morgan fingerprint density at radius 1 is 1.16 bits per heavy atom. The molecule has 1 aromatic rings. The lowest BCUT2D eigenvalue weighted by molar-refractivity contribution is -0.139. The van der Waals surface area contributed by atoms with E-state index in [0.29, 0.717) is 6.42 Å². The highest BCUT2D eigenvalue weighted by Crippen LogP contribution is 2.10. The van der Waals surface area contributed by atoms with E-state index in [1.54, 1.807) is 0 Å². The Labute approximate surface area is 114 Å². The second kappa shape index (κ2) is 8.80. The maximum absolute atomic E-state index is 11.7. The molecule has 0 heterocycles. The monoisotopic (exact) mass is 266 g/mol. The minimum Gasteiger partial charge on any atom is -0.393 e. The first-order chi connectivity index (χ1) is 9.15. The molecule has 1 atom stereocenters. The Balaban J connectivity index is 2.27. The number of aryl methyl sites for hydroxylation is 1. The quantitative estimate of drug-likeness (QED) is 0.694. The predicted octanol–water partition coefficient (Wildman–Crippen LogP) is 1.95. The van der Waals surface area contributed by atoms with Gasteiger partial charge in [0.05, 0.1) is 12.5 Å². The molecule has 0 aliphatic rings. The molecular formula is C15H22O4. The average molecular weight is 266 g/mol. The minimum atomic E-state index is -0.609. The van der Waals surface area contributed by atoms with E-state index in [2.05, 4.69) is 0 Å². The van der Waals surface area contributed by atoms with Gasteiger partial charge in [-0.1, -0.05) is 30.3 Å². The summed E-state index contributed by atoms with van der Waals surface area (Å²) in [6.45, 7) is 0. The average Bonchev–Trinajstić information content (AvgIpc) is 2.43. The molecule has 0 saturated heterocycles. The van der Waals surface area contributed by atoms with Gasteiger partial charge < -0.3 is 14.6 Å². The van der Waals surface area contributed by atoms with Crippen molar-refractivity contribution in [1.82, 2.24) is 0 Å². The van der Waals surface area contributed by atoms with Gasteiger partial charge in [-0.25, -0.2) is 0 Å². The van der Waals surface area contributed by atoms with E-state index in [4.69, 9.17) is 9.47 Å². The van der Waals surface area contributed by atoms with Crippen LogP contribution < -0.4 is 0 Å². The number of hydrogen-bond acceptors (Lipinski definition) is 4. The van der Waals surface area contributed by atoms with Crippen LogP contribution in [0.15, 0.2) is 30.3 Å². The number of Topliss-reactive ketones (excluding diaryl/α,β-unsaturated/α-hetero) is 1. The van der Waals surface area contributed by atoms with Crippen molar-refractivity contribution in [2.24, 2.45) is 0 Å². The van der Waals surface area contributed by atoms with Crippen LogP contribution in [-0.2, 0) is 20.7 Å². The molecule has 0 bridgehead atoms. The largest absolute Gasteiger partial charge is 0.393 e. The van der Waals surface area contributed by atoms with E-state index < -0.39 is 12.4 Å². The van der Waals surface area contributed by atoms with Crippen molar-refractivity contribution in [3.63, 3.8) is 0 Å². The zero-order valence-corrected chi connectivity index (χ0v) is 11.5. The number of carbonyl (C=O) groups is 1. The van der Waals surface area contributed by atoms with Crippen molar-refractivity contribution < 1.29 is 19.4 Å². The molecule has 0 fully saturated rings. The maximum Gasteiger partial charge on any atom is 0.163 e. The summed E-state index contributed by atoms with van der Waals surface area (Å²) >= 11 is 0. The molecule has 0 aliphatic carbocycles. The van der Waals surface area contributed by atoms with Crippen LogP contribution in [0.4, 0.5) is 0 Å². The van der Waals surface area contributed by atoms with Crippen molar-refractivity contribution in [2.75, 3.05) is 14.2 Å². The van der Waals surface area contributed by atoms with Crippen LogP contribution in [0.2, 0.25) is 0 Å². The number of hydrogen-bond donors (Lipinski definition) is 1. The van der Waals surface area contributed by atoms with Crippen molar-refractivity contribution >= 4 is 5.78 Å². The standard InChI is InChI=1S/C15H22O4/c1-18-15(19-2)11-14(17)10-13(16)9-8-12-6-4-3-5-7-12/h3-7,13,15-16H,8-11H2,1-2H3. The van der Waals surface area contributed by atoms with Crippen LogP contribution in [0.1, 0.15) is 24.8 Å². The fourth-order valence-corrected chi connectivity index (χ4v) is 1.87. The van der Waals surface area contributed by atoms with Gasteiger partial charge in [-0.05, 0) is 18.4 Å². The van der Waals surface area contributed by atoms with Gasteiger partial charge in [0.15, 0.2) is 6.29 Å². The topological polar surface area (TPSA) is 55.8 Å². The van der Waals surface area contributed by atoms with Gasteiger partial charge in [0.1, 0.15) is 5.78 Å². The van der Waals surface area contributed by atoms with Crippen LogP contribution in [0.3, 0.4) is 0 Å². The Morgan fingerprint density at radius 2 is 1.79 bits per heavy atom. The second-order valence-electron chi connectivity index (χ2n) is 4.53. The van der Waals surface area contributed by atoms with Gasteiger partial charge in [-0.15, -0.1) is 0 Å². The molecular weight excluding hydrogens is 244 g/mol. The Bertz CT molecular complexity index is 360. The second-order valence-corrected chi connectivity index (χ2v) is 4.53. The summed E-state index contributed by atoms with van der Waals surface area (Å²) in [5.41, 5.74) is 1.17. The minimum absolute atomic E-state index is 0.0470. The molecule has 106 valence electrons. The van der Waals surface area contributed by atoms with E-state index >= 15 is 0 Å². The summed E-state index contributed by atoms with van der Waals surface area (Å²) in [6, 6.07) is 9.92. The molecule has 1 rings (SSSR count). The van der Waals surface area contributed by atoms with Gasteiger partial charge in [0, 0.05) is 20.6 Å². The van der Waals surface area contributed by atoms with Crippen LogP contribution >= 0.6 is 0 Å². The van der Waals surface area contributed by atoms with Crippen molar-refractivity contribution in [1.29, 1.82) is 0 Å². The number of ether oxygens (including phenoxy) is 2. The highest BCUT2D eigenvalue weighted by atomic mass is 16.7. The van der Waals surface area contributed by atoms with E-state index in [-0.39, 0.29) is 18.6 Å². The summed E-state index contributed by atoms with van der Waals surface area (Å²) in [5, 5.41) is 9.84. The molecule has 1 aromatic carbocycles. The molecule has 0 aromatic heterocycles. The van der Waals surface area contributed by atoms with Crippen LogP contribution in [-0.4, -0.2) is 37.5 Å². The fraction of sp³-hybridized carbons (Fsp3) is 0.533. The molecule has 1 unspecified atom stereocenters. The lowest BCUT2D eigenvalue weighted by atomic mass is 10.0. The number of aliphatic hydroxyl groups excluding tert-OH is 1. The van der Waals surface area contributed by atoms with Crippen molar-refractivity contribution in [3.05, 3.63) is 35.9 Å². The summed E-state index contributed by atoms with van der Waals surface area (Å²) < 4.78 is 9.91. The zero-order chi connectivity index (χ0) is 14.1. The molecule has 0 amide bonds. The summed E-state index contributed by atoms with van der Waals surface area (Å²) in [5.74, 6) is -0.0470. The Hall–Kier alpha value is -1.23. The third-order valence-electron chi connectivity index (χ3n) is 2.99. The highest BCUT2D eigenvalue weighted by molar-refractivity contribution is 5.79. The number of rotatable bonds is 9. The molecule has 0 saturated carbocycles. The molecule has 19 heavy (non-hydrogen) atoms. The Morgan fingerprint density at radius 3 is 2.37 bits per heavy atom. The summed E-state index contributed by atoms with van der Waals surface area (Å²) in [7, 11) is 2.99. The smallest absolute Gasteiger partial charge is 0.163 e. The fourth-order valence-electron chi connectivity index (χ4n) is 1.87. The third-order valence-corrected chi connectivity index (χ3v) is 2.99. The molecule has 0 spiro atoms. The van der Waals surface area contributed by atoms with Crippen molar-refractivity contribution in [3.8, 4) is 0 Å². The van der Waals surface area contributed by atoms with Crippen molar-refractivity contribution in [2.45, 2.75) is 38.1 Å². The van der Waals surface area contributed by atoms with E-state index in [1.165, 1.54) is 19.8 Å². The normalized spacial score (nSPS) is 12.6. The summed E-state index contributed by atoms with van der Waals surface area (Å²) in [6.07, 6.45) is 0.551. The molecule has 4 heteroatoms. The highest BCUT2D eigenvalue weighted by Gasteiger charge is 2.16. The lowest BCUT2D eigenvalue weighted by Gasteiger charge is -2.14. The molecule has 1 N–H and O–H groups in total. The number of carbonyl (C=O) groups excluding carboxylic acids is 1. The summed E-state index contributed by atoms with van der Waals surface area (Å²) in [4.78, 5) is 11.7. The maximum atomic E-state index is 11.7. The van der Waals surface area contributed by atoms with Crippen LogP contribution in [0, 0.1) is 0 Å². The van der Waals surface area contributed by atoms with Crippen LogP contribution in [0.25, 0.3) is 0 Å². The number of methoxy groups -OCH3 is 2. The predicted molar refractivity (Wildman–Crippen MR) is 72.8 cm³/mol. The van der Waals surface area contributed by atoms with Gasteiger partial charge in [0.2, 0.25) is 0 Å². The van der Waals surface area contributed by atoms with Gasteiger partial charge in [-0.3, -0.25) is 4.79 Å². The number of ketones is 1. The Kier molecular flexibility index (Phi) is 7.33. The number of aliphatic hydroxyl groups is 1. The molecule has 4 nitrogen and oxygen atoms in total. The number of benzene rings is 1. The zero-order valence-electron chi connectivity index (χ0n) is 11.5. The lowest BCUT2D eigenvalue weighted by Crippen LogP contribution is -2.21. The first kappa shape index (κ1) is 15.8. The molecule has 0 radical (unpaired) electrons. The SMILES string of the molecule is COC(CC(=O)CC(O)CCc1ccccc1)OC. The molecule has 0 aliphatic heterocycles. The third kappa shape index (κ3) is 6.47. The first-order valence-electron chi connectivity index (χ1n) is 6.45. The van der Waals surface area contributed by atoms with Gasteiger partial charge in [0.25, 0.3) is 0 Å². The van der Waals surface area contributed by atoms with Crippen LogP contribution in [0.5, 0.6) is 0 Å². The van der Waals surface area contributed by atoms with E-state index in [9.17, 15) is 9.90 Å². The van der Waals surface area contributed by atoms with E-state index in [1.807, 2.05) is 30.3 Å². The van der Waals surface area contributed by atoms with Gasteiger partial charge in [-0.2, -0.15) is 0 Å². The first-order valence-corrected chi connectivity index (χ1v) is 6.45. The van der Waals surface area contributed by atoms with Gasteiger partial charge >= 0.3 is 0 Å².